The molecule has 0 aliphatic rings. The van der Waals surface area contributed by atoms with Gasteiger partial charge in [-0.25, -0.2) is 9.97 Å². The van der Waals surface area contributed by atoms with Gasteiger partial charge in [-0.3, -0.25) is 4.79 Å². The topological polar surface area (TPSA) is 77.7 Å². The van der Waals surface area contributed by atoms with Crippen molar-refractivity contribution in [2.45, 2.75) is 48.8 Å². The summed E-state index contributed by atoms with van der Waals surface area (Å²) in [6.07, 6.45) is 6.31. The standard InChI is InChI=1S/C39H41N5OS2/c45-37(32-22-10-3-11-23-32)44(26-14-4-16-28-46-38-40-33-24-12-13-25-34(33)41-38)27-15-5-17-29-47-39-42-35(30-18-6-1-7-19-30)36(43-39)31-20-8-2-9-21-31/h1-3,6-13,18-25H,4-5,14-17,26-29H2,(H,40,41)(H,42,43). The molecule has 0 saturated carbocycles. The number of para-hydroxylation sites is 2. The van der Waals surface area contributed by atoms with E-state index in [2.05, 4.69) is 74.4 Å². The van der Waals surface area contributed by atoms with Crippen molar-refractivity contribution in [3.63, 3.8) is 0 Å². The predicted octanol–water partition coefficient (Wildman–Crippen LogP) is 9.99. The third-order valence-electron chi connectivity index (χ3n) is 8.09. The highest BCUT2D eigenvalue weighted by Crippen LogP contribution is 2.33. The summed E-state index contributed by atoms with van der Waals surface area (Å²) in [5.74, 6) is 2.12. The van der Waals surface area contributed by atoms with Gasteiger partial charge >= 0.3 is 0 Å². The fraction of sp³-hybridized carbons (Fsp3) is 0.256. The molecule has 0 aliphatic heterocycles. The van der Waals surface area contributed by atoms with Crippen LogP contribution in [-0.4, -0.2) is 55.3 Å². The van der Waals surface area contributed by atoms with E-state index >= 15 is 0 Å². The predicted molar refractivity (Wildman–Crippen MR) is 197 cm³/mol. The van der Waals surface area contributed by atoms with Crippen LogP contribution >= 0.6 is 23.5 Å². The van der Waals surface area contributed by atoms with Crippen molar-refractivity contribution in [1.82, 2.24) is 24.8 Å². The number of fused-ring (bicyclic) bond motifs is 1. The molecule has 240 valence electrons. The number of thioether (sulfide) groups is 2. The molecule has 0 atom stereocenters. The van der Waals surface area contributed by atoms with E-state index in [1.807, 2.05) is 60.7 Å². The number of rotatable bonds is 17. The fourth-order valence-corrected chi connectivity index (χ4v) is 7.37. The zero-order valence-electron chi connectivity index (χ0n) is 26.6. The van der Waals surface area contributed by atoms with E-state index in [0.717, 1.165) is 113 Å². The number of hydrogen-bond acceptors (Lipinski definition) is 5. The Morgan fingerprint density at radius 3 is 1.77 bits per heavy atom. The van der Waals surface area contributed by atoms with E-state index in [1.165, 1.54) is 0 Å². The summed E-state index contributed by atoms with van der Waals surface area (Å²) in [6.45, 7) is 1.57. The Hall–Kier alpha value is -4.27. The Labute approximate surface area is 285 Å². The van der Waals surface area contributed by atoms with Gasteiger partial charge < -0.3 is 14.9 Å². The molecular weight excluding hydrogens is 619 g/mol. The molecule has 6 nitrogen and oxygen atoms in total. The van der Waals surface area contributed by atoms with E-state index in [1.54, 1.807) is 23.5 Å². The number of carbonyl (C=O) groups is 1. The van der Waals surface area contributed by atoms with Gasteiger partial charge in [0.1, 0.15) is 0 Å². The minimum Gasteiger partial charge on any atom is -0.339 e. The Balaban J connectivity index is 0.960. The lowest BCUT2D eigenvalue weighted by Gasteiger charge is -2.23. The van der Waals surface area contributed by atoms with Crippen LogP contribution in [0, 0.1) is 0 Å². The van der Waals surface area contributed by atoms with E-state index in [-0.39, 0.29) is 5.91 Å². The maximum absolute atomic E-state index is 13.4. The normalized spacial score (nSPS) is 11.2. The Bertz CT molecular complexity index is 1730. The number of aromatic nitrogens is 4. The third-order valence-corrected chi connectivity index (χ3v) is 10.0. The molecule has 1 amide bonds. The number of aromatic amines is 2. The van der Waals surface area contributed by atoms with Crippen LogP contribution in [0.25, 0.3) is 33.5 Å². The fourth-order valence-electron chi connectivity index (χ4n) is 5.62. The number of nitrogens with one attached hydrogen (secondary N) is 2. The van der Waals surface area contributed by atoms with Gasteiger partial charge in [-0.1, -0.05) is 127 Å². The zero-order valence-corrected chi connectivity index (χ0v) is 28.2. The Morgan fingerprint density at radius 1 is 0.574 bits per heavy atom. The van der Waals surface area contributed by atoms with Crippen LogP contribution in [0.1, 0.15) is 48.9 Å². The van der Waals surface area contributed by atoms with Crippen molar-refractivity contribution in [3.05, 3.63) is 121 Å². The molecule has 2 heterocycles. The zero-order chi connectivity index (χ0) is 32.1. The first-order chi connectivity index (χ1) is 23.2. The smallest absolute Gasteiger partial charge is 0.253 e. The summed E-state index contributed by atoms with van der Waals surface area (Å²) < 4.78 is 0. The lowest BCUT2D eigenvalue weighted by atomic mass is 10.1. The second-order valence-electron chi connectivity index (χ2n) is 11.5. The molecule has 8 heteroatoms. The average Bonchev–Trinajstić information content (AvgIpc) is 3.75. The van der Waals surface area contributed by atoms with E-state index in [4.69, 9.17) is 4.98 Å². The maximum atomic E-state index is 13.4. The largest absolute Gasteiger partial charge is 0.339 e. The highest BCUT2D eigenvalue weighted by atomic mass is 32.2. The van der Waals surface area contributed by atoms with Crippen molar-refractivity contribution >= 4 is 40.5 Å². The van der Waals surface area contributed by atoms with Crippen LogP contribution in [0.4, 0.5) is 0 Å². The monoisotopic (exact) mass is 659 g/mol. The van der Waals surface area contributed by atoms with Crippen molar-refractivity contribution in [1.29, 1.82) is 0 Å². The minimum absolute atomic E-state index is 0.133. The van der Waals surface area contributed by atoms with Crippen molar-refractivity contribution in [2.75, 3.05) is 24.6 Å². The van der Waals surface area contributed by atoms with Crippen LogP contribution in [-0.2, 0) is 0 Å². The van der Waals surface area contributed by atoms with Crippen LogP contribution in [0.5, 0.6) is 0 Å². The molecule has 6 rings (SSSR count). The molecule has 0 aliphatic carbocycles. The second kappa shape index (κ2) is 17.0. The number of benzene rings is 4. The molecule has 0 fully saturated rings. The molecule has 2 N–H and O–H groups in total. The summed E-state index contributed by atoms with van der Waals surface area (Å²) in [5.41, 5.74) is 7.16. The van der Waals surface area contributed by atoms with E-state index in [0.29, 0.717) is 0 Å². The molecule has 0 spiro atoms. The number of hydrogen-bond donors (Lipinski definition) is 2. The van der Waals surface area contributed by atoms with Gasteiger partial charge in [-0.15, -0.1) is 0 Å². The van der Waals surface area contributed by atoms with Gasteiger partial charge in [-0.2, -0.15) is 0 Å². The Morgan fingerprint density at radius 2 is 1.13 bits per heavy atom. The van der Waals surface area contributed by atoms with Crippen molar-refractivity contribution < 1.29 is 4.79 Å². The van der Waals surface area contributed by atoms with Gasteiger partial charge in [0.15, 0.2) is 10.3 Å². The highest BCUT2D eigenvalue weighted by Gasteiger charge is 2.16. The van der Waals surface area contributed by atoms with Gasteiger partial charge in [-0.05, 0) is 49.9 Å². The highest BCUT2D eigenvalue weighted by molar-refractivity contribution is 7.99. The first kappa shape index (κ1) is 32.7. The second-order valence-corrected chi connectivity index (χ2v) is 13.7. The number of unbranched alkanes of at least 4 members (excludes halogenated alkanes) is 4. The lowest BCUT2D eigenvalue weighted by molar-refractivity contribution is 0.0749. The van der Waals surface area contributed by atoms with Gasteiger partial charge in [0, 0.05) is 41.3 Å². The van der Waals surface area contributed by atoms with Crippen LogP contribution < -0.4 is 0 Å². The molecular formula is C39H41N5OS2. The van der Waals surface area contributed by atoms with Crippen molar-refractivity contribution in [3.8, 4) is 22.5 Å². The summed E-state index contributed by atoms with van der Waals surface area (Å²) in [7, 11) is 0. The molecule has 0 radical (unpaired) electrons. The Kier molecular flexibility index (Phi) is 11.8. The number of amides is 1. The molecule has 47 heavy (non-hydrogen) atoms. The average molecular weight is 660 g/mol. The molecule has 0 unspecified atom stereocenters. The first-order valence-corrected chi connectivity index (χ1v) is 18.5. The summed E-state index contributed by atoms with van der Waals surface area (Å²) in [5, 5.41) is 1.92. The number of imidazole rings is 2. The van der Waals surface area contributed by atoms with Crippen LogP contribution in [0.15, 0.2) is 126 Å². The number of nitrogens with zero attached hydrogens (tertiary/aromatic N) is 3. The summed E-state index contributed by atoms with van der Waals surface area (Å²) >= 11 is 3.54. The molecule has 0 bridgehead atoms. The number of H-pyrrole nitrogens is 2. The van der Waals surface area contributed by atoms with Crippen LogP contribution in [0.3, 0.4) is 0 Å². The summed E-state index contributed by atoms with van der Waals surface area (Å²) in [6, 6.07) is 38.6. The van der Waals surface area contributed by atoms with Gasteiger partial charge in [0.25, 0.3) is 5.91 Å². The maximum Gasteiger partial charge on any atom is 0.253 e. The SMILES string of the molecule is O=C(c1ccccc1)N(CCCCCSc1nc(-c2ccccc2)c(-c2ccccc2)[nH]1)CCCCCSc1nc2ccccc2[nH]1. The third kappa shape index (κ3) is 9.18. The van der Waals surface area contributed by atoms with Crippen LogP contribution in [0.2, 0.25) is 0 Å². The van der Waals surface area contributed by atoms with Crippen molar-refractivity contribution in [2.24, 2.45) is 0 Å². The summed E-state index contributed by atoms with van der Waals surface area (Å²) in [4.78, 5) is 32.1. The molecule has 2 aromatic heterocycles. The first-order valence-electron chi connectivity index (χ1n) is 16.5. The molecule has 4 aromatic carbocycles. The van der Waals surface area contributed by atoms with E-state index < -0.39 is 0 Å². The lowest BCUT2D eigenvalue weighted by Crippen LogP contribution is -2.33. The minimum atomic E-state index is 0.133. The molecule has 6 aromatic rings. The van der Waals surface area contributed by atoms with Gasteiger partial charge in [0.2, 0.25) is 0 Å². The quantitative estimate of drug-likeness (QED) is 0.0753. The molecule has 0 saturated heterocycles. The van der Waals surface area contributed by atoms with E-state index in [9.17, 15) is 4.79 Å². The number of carbonyl (C=O) groups excluding carboxylic acids is 1. The van der Waals surface area contributed by atoms with Gasteiger partial charge in [0.05, 0.1) is 22.4 Å².